The van der Waals surface area contributed by atoms with Crippen molar-refractivity contribution in [2.45, 2.75) is 31.9 Å². The summed E-state index contributed by atoms with van der Waals surface area (Å²) in [6.07, 6.45) is 2.54. The molecule has 0 saturated heterocycles. The summed E-state index contributed by atoms with van der Waals surface area (Å²) in [5.74, 6) is 1.20. The Bertz CT molecular complexity index is 830. The van der Waals surface area contributed by atoms with Gasteiger partial charge < -0.3 is 14.5 Å². The molecule has 0 bridgehead atoms. The van der Waals surface area contributed by atoms with Gasteiger partial charge in [0, 0.05) is 24.4 Å². The van der Waals surface area contributed by atoms with Crippen LogP contribution in [0.25, 0.3) is 0 Å². The second kappa shape index (κ2) is 7.82. The van der Waals surface area contributed by atoms with Crippen molar-refractivity contribution in [2.75, 3.05) is 13.7 Å². The first-order valence-electron chi connectivity index (χ1n) is 9.43. The summed E-state index contributed by atoms with van der Waals surface area (Å²) in [6, 6.07) is 17.9. The molecule has 1 atom stereocenters. The highest BCUT2D eigenvalue weighted by Crippen LogP contribution is 2.32. The van der Waals surface area contributed by atoms with Crippen LogP contribution in [-0.2, 0) is 16.2 Å². The average molecular weight is 364 g/mol. The first-order valence-corrected chi connectivity index (χ1v) is 9.43. The Kier molecular flexibility index (Phi) is 5.10. The van der Waals surface area contributed by atoms with Crippen LogP contribution >= 0.6 is 0 Å². The third-order valence-electron chi connectivity index (χ3n) is 5.03. The minimum atomic E-state index is -0.128. The van der Waals surface area contributed by atoms with Crippen molar-refractivity contribution >= 4 is 11.6 Å². The zero-order chi connectivity index (χ0) is 18.6. The summed E-state index contributed by atoms with van der Waals surface area (Å²) in [5, 5.41) is 4.27. The molecular weight excluding hydrogens is 340 g/mol. The Morgan fingerprint density at radius 1 is 1.15 bits per heavy atom. The van der Waals surface area contributed by atoms with Crippen LogP contribution in [0.2, 0.25) is 0 Å². The van der Waals surface area contributed by atoms with E-state index in [0.717, 1.165) is 35.4 Å². The van der Waals surface area contributed by atoms with Gasteiger partial charge in [0.15, 0.2) is 6.10 Å². The maximum absolute atomic E-state index is 12.8. The van der Waals surface area contributed by atoms with Crippen LogP contribution in [0.5, 0.6) is 5.75 Å². The number of hydrogen-bond donors (Lipinski definition) is 0. The second-order valence-electron chi connectivity index (χ2n) is 7.15. The van der Waals surface area contributed by atoms with Gasteiger partial charge in [-0.15, -0.1) is 0 Å². The fraction of sp³-hybridized carbons (Fsp3) is 0.364. The van der Waals surface area contributed by atoms with Gasteiger partial charge in [-0.05, 0) is 30.5 Å². The van der Waals surface area contributed by atoms with E-state index in [1.54, 1.807) is 7.11 Å². The monoisotopic (exact) mass is 364 g/mol. The van der Waals surface area contributed by atoms with Gasteiger partial charge in [-0.1, -0.05) is 47.6 Å². The Morgan fingerprint density at radius 3 is 2.63 bits per heavy atom. The third-order valence-corrected chi connectivity index (χ3v) is 5.03. The van der Waals surface area contributed by atoms with Gasteiger partial charge in [-0.25, -0.2) is 0 Å². The van der Waals surface area contributed by atoms with Gasteiger partial charge in [0.05, 0.1) is 19.4 Å². The van der Waals surface area contributed by atoms with E-state index in [-0.39, 0.29) is 17.9 Å². The molecule has 4 rings (SSSR count). The molecule has 1 fully saturated rings. The molecule has 2 aromatic carbocycles. The molecule has 0 N–H and O–H groups in total. The maximum atomic E-state index is 12.8. The van der Waals surface area contributed by atoms with Gasteiger partial charge >= 0.3 is 0 Å². The zero-order valence-corrected chi connectivity index (χ0v) is 15.5. The largest absolute Gasteiger partial charge is 0.496 e. The predicted molar refractivity (Wildman–Crippen MR) is 104 cm³/mol. The van der Waals surface area contributed by atoms with E-state index in [2.05, 4.69) is 17.3 Å². The lowest BCUT2D eigenvalue weighted by Gasteiger charge is -2.25. The summed E-state index contributed by atoms with van der Waals surface area (Å²) in [7, 11) is 1.66. The molecule has 1 aliphatic heterocycles. The maximum Gasteiger partial charge on any atom is 0.226 e. The Balaban J connectivity index is 1.44. The molecule has 0 radical (unpaired) electrons. The number of benzene rings is 2. The number of rotatable bonds is 7. The van der Waals surface area contributed by atoms with Crippen LogP contribution in [0.4, 0.5) is 0 Å². The first kappa shape index (κ1) is 17.6. The number of carbonyl (C=O) groups is 1. The van der Waals surface area contributed by atoms with E-state index in [4.69, 9.17) is 9.57 Å². The number of ether oxygens (including phenoxy) is 1. The topological polar surface area (TPSA) is 51.1 Å². The molecule has 2 aromatic rings. The molecule has 1 amide bonds. The summed E-state index contributed by atoms with van der Waals surface area (Å²) in [4.78, 5) is 20.4. The van der Waals surface area contributed by atoms with E-state index in [0.29, 0.717) is 19.5 Å². The quantitative estimate of drug-likeness (QED) is 0.754. The number of hydrogen-bond acceptors (Lipinski definition) is 4. The molecule has 27 heavy (non-hydrogen) atoms. The highest BCUT2D eigenvalue weighted by molar-refractivity contribution is 6.03. The highest BCUT2D eigenvalue weighted by Gasteiger charge is 2.35. The van der Waals surface area contributed by atoms with Crippen molar-refractivity contribution in [3.63, 3.8) is 0 Å². The van der Waals surface area contributed by atoms with Crippen molar-refractivity contribution in [3.8, 4) is 5.75 Å². The average Bonchev–Trinajstić information content (AvgIpc) is 3.46. The Hall–Kier alpha value is -2.82. The number of para-hydroxylation sites is 1. The minimum absolute atomic E-state index is 0.128. The molecule has 1 saturated carbocycles. The molecule has 140 valence electrons. The van der Waals surface area contributed by atoms with Crippen molar-refractivity contribution in [3.05, 3.63) is 65.7 Å². The third kappa shape index (κ3) is 4.13. The molecule has 0 aromatic heterocycles. The Labute approximate surface area is 159 Å². The first-order chi connectivity index (χ1) is 13.2. The predicted octanol–water partition coefficient (Wildman–Crippen LogP) is 3.63. The van der Waals surface area contributed by atoms with Crippen LogP contribution in [0.1, 0.15) is 30.4 Å². The van der Waals surface area contributed by atoms with Crippen LogP contribution in [0, 0.1) is 5.92 Å². The van der Waals surface area contributed by atoms with Crippen LogP contribution < -0.4 is 4.74 Å². The lowest BCUT2D eigenvalue weighted by atomic mass is 10.0. The van der Waals surface area contributed by atoms with Crippen molar-refractivity contribution in [2.24, 2.45) is 11.1 Å². The lowest BCUT2D eigenvalue weighted by molar-refractivity contribution is -0.135. The molecule has 5 nitrogen and oxygen atoms in total. The zero-order valence-electron chi connectivity index (χ0n) is 15.5. The van der Waals surface area contributed by atoms with Crippen molar-refractivity contribution in [1.29, 1.82) is 0 Å². The standard InChI is InChI=1S/C22H24N2O3/c1-26-21-10-6-5-9-19(21)20-13-18(27-23-20)15-24(22(25)17-11-12-17)14-16-7-3-2-4-8-16/h2-10,17-18H,11-15H2,1H3/t18-/m0/s1. The summed E-state index contributed by atoms with van der Waals surface area (Å²) in [5.41, 5.74) is 2.96. The number of methoxy groups -OCH3 is 1. The number of amides is 1. The summed E-state index contributed by atoms with van der Waals surface area (Å²) in [6.45, 7) is 1.16. The molecule has 0 unspecified atom stereocenters. The van der Waals surface area contributed by atoms with Crippen LogP contribution in [0.3, 0.4) is 0 Å². The van der Waals surface area contributed by atoms with Crippen LogP contribution in [-0.4, -0.2) is 36.3 Å². The number of nitrogens with zero attached hydrogens (tertiary/aromatic N) is 2. The van der Waals surface area contributed by atoms with Crippen molar-refractivity contribution in [1.82, 2.24) is 4.90 Å². The number of oxime groups is 1. The van der Waals surface area contributed by atoms with E-state index in [1.165, 1.54) is 0 Å². The smallest absolute Gasteiger partial charge is 0.226 e. The van der Waals surface area contributed by atoms with E-state index < -0.39 is 0 Å². The van der Waals surface area contributed by atoms with Gasteiger partial charge in [0.25, 0.3) is 0 Å². The molecule has 0 spiro atoms. The van der Waals surface area contributed by atoms with Gasteiger partial charge in [-0.3, -0.25) is 4.79 Å². The molecule has 1 aliphatic carbocycles. The molecule has 1 heterocycles. The fourth-order valence-corrected chi connectivity index (χ4v) is 3.44. The summed E-state index contributed by atoms with van der Waals surface area (Å²) >= 11 is 0. The molecule has 5 heteroatoms. The van der Waals surface area contributed by atoms with E-state index in [9.17, 15) is 4.79 Å². The van der Waals surface area contributed by atoms with Gasteiger partial charge in [-0.2, -0.15) is 0 Å². The Morgan fingerprint density at radius 2 is 1.89 bits per heavy atom. The normalized spacial score (nSPS) is 18.6. The SMILES string of the molecule is COc1ccccc1C1=NO[C@H](CN(Cc2ccccc2)C(=O)C2CC2)C1. The van der Waals surface area contributed by atoms with E-state index in [1.807, 2.05) is 47.4 Å². The summed E-state index contributed by atoms with van der Waals surface area (Å²) < 4.78 is 5.43. The molecule has 2 aliphatic rings. The fourth-order valence-electron chi connectivity index (χ4n) is 3.44. The molecular formula is C22H24N2O3. The highest BCUT2D eigenvalue weighted by atomic mass is 16.6. The minimum Gasteiger partial charge on any atom is -0.496 e. The lowest BCUT2D eigenvalue weighted by Crippen LogP contribution is -2.38. The van der Waals surface area contributed by atoms with Gasteiger partial charge in [0.2, 0.25) is 5.91 Å². The second-order valence-corrected chi connectivity index (χ2v) is 7.15. The van der Waals surface area contributed by atoms with Crippen LogP contribution in [0.15, 0.2) is 59.8 Å². The van der Waals surface area contributed by atoms with Gasteiger partial charge in [0.1, 0.15) is 5.75 Å². The van der Waals surface area contributed by atoms with E-state index >= 15 is 0 Å². The van der Waals surface area contributed by atoms with Crippen molar-refractivity contribution < 1.29 is 14.4 Å². The number of carbonyl (C=O) groups excluding carboxylic acids is 1.